The average molecular weight is 460 g/mol. The van der Waals surface area contributed by atoms with Crippen LogP contribution in [0.4, 0.5) is 28.0 Å². The Labute approximate surface area is 186 Å². The summed E-state index contributed by atoms with van der Waals surface area (Å²) in [6, 6.07) is 3.26. The number of anilines is 1. The number of hydrogen-bond acceptors (Lipinski definition) is 4. The van der Waals surface area contributed by atoms with Gasteiger partial charge in [-0.3, -0.25) is 0 Å². The predicted molar refractivity (Wildman–Crippen MR) is 115 cm³/mol. The van der Waals surface area contributed by atoms with Crippen molar-refractivity contribution in [2.75, 3.05) is 18.0 Å². The van der Waals surface area contributed by atoms with Gasteiger partial charge >= 0.3 is 12.3 Å². The molecule has 1 amide bonds. The van der Waals surface area contributed by atoms with E-state index in [2.05, 4.69) is 10.6 Å². The van der Waals surface area contributed by atoms with E-state index in [1.807, 2.05) is 25.7 Å². The molecule has 3 rings (SSSR count). The first-order chi connectivity index (χ1) is 14.9. The maximum atomic E-state index is 14.0. The molecule has 1 saturated heterocycles. The lowest BCUT2D eigenvalue weighted by Gasteiger charge is -2.40. The van der Waals surface area contributed by atoms with Gasteiger partial charge in [0.1, 0.15) is 11.4 Å². The van der Waals surface area contributed by atoms with E-state index in [4.69, 9.17) is 4.74 Å². The number of halogens is 4. The minimum absolute atomic E-state index is 0.0440. The van der Waals surface area contributed by atoms with Crippen molar-refractivity contribution in [3.8, 4) is 0 Å². The van der Waals surface area contributed by atoms with E-state index in [0.717, 1.165) is 50.7 Å². The lowest BCUT2D eigenvalue weighted by atomic mass is 9.89. The van der Waals surface area contributed by atoms with Crippen molar-refractivity contribution >= 4 is 11.8 Å². The zero-order valence-corrected chi connectivity index (χ0v) is 18.9. The van der Waals surface area contributed by atoms with E-state index >= 15 is 0 Å². The SMILES string of the molecule is CC(C)(C)OC(=O)N[C@@H]1CCCC[C@H]1NC1CCCN(c2ccc(C(F)(F)F)c(F)c2)C1. The quantitative estimate of drug-likeness (QED) is 0.605. The Balaban J connectivity index is 1.62. The number of ether oxygens (including phenoxy) is 1. The molecule has 32 heavy (non-hydrogen) atoms. The maximum Gasteiger partial charge on any atom is 0.419 e. The molecule has 1 aliphatic carbocycles. The molecule has 3 atom stereocenters. The molecular weight excluding hydrogens is 426 g/mol. The van der Waals surface area contributed by atoms with E-state index in [1.54, 1.807) is 0 Å². The van der Waals surface area contributed by atoms with Crippen LogP contribution in [0.1, 0.15) is 64.9 Å². The molecule has 1 aromatic rings. The Bertz CT molecular complexity index is 794. The number of rotatable bonds is 4. The van der Waals surface area contributed by atoms with Gasteiger partial charge in [-0.15, -0.1) is 0 Å². The molecule has 0 radical (unpaired) electrons. The number of piperidine rings is 1. The molecule has 180 valence electrons. The van der Waals surface area contributed by atoms with Gasteiger partial charge in [0.05, 0.1) is 5.56 Å². The van der Waals surface area contributed by atoms with Gasteiger partial charge in [0, 0.05) is 36.9 Å². The van der Waals surface area contributed by atoms with Crippen molar-refractivity contribution < 1.29 is 27.1 Å². The fraction of sp³-hybridized carbons (Fsp3) is 0.696. The molecule has 0 aromatic heterocycles. The van der Waals surface area contributed by atoms with Crippen LogP contribution in [0.15, 0.2) is 18.2 Å². The van der Waals surface area contributed by atoms with E-state index in [1.165, 1.54) is 6.07 Å². The second kappa shape index (κ2) is 9.85. The van der Waals surface area contributed by atoms with Crippen LogP contribution >= 0.6 is 0 Å². The molecule has 0 spiro atoms. The Hall–Kier alpha value is -2.03. The third kappa shape index (κ3) is 6.73. The maximum absolute atomic E-state index is 14.0. The van der Waals surface area contributed by atoms with Crippen LogP contribution in [0.5, 0.6) is 0 Å². The van der Waals surface area contributed by atoms with Crippen LogP contribution in [0.3, 0.4) is 0 Å². The minimum Gasteiger partial charge on any atom is -0.444 e. The molecular formula is C23H33F4N3O2. The Morgan fingerprint density at radius 1 is 1.06 bits per heavy atom. The number of benzene rings is 1. The highest BCUT2D eigenvalue weighted by Gasteiger charge is 2.35. The number of alkyl carbamates (subject to hydrolysis) is 1. The number of amides is 1. The summed E-state index contributed by atoms with van der Waals surface area (Å²) in [5.41, 5.74) is -1.36. The van der Waals surface area contributed by atoms with Gasteiger partial charge in [-0.25, -0.2) is 9.18 Å². The predicted octanol–water partition coefficient (Wildman–Crippen LogP) is 5.24. The standard InChI is InChI=1S/C23H33F4N3O2/c1-22(2,3)32-21(31)29-20-9-5-4-8-19(20)28-15-7-6-12-30(14-15)16-10-11-17(18(24)13-16)23(25,26)27/h10-11,13,15,19-20,28H,4-9,12,14H2,1-3H3,(H,29,31)/t15?,19-,20-/m1/s1. The first kappa shape index (κ1) is 24.6. The highest BCUT2D eigenvalue weighted by atomic mass is 19.4. The lowest BCUT2D eigenvalue weighted by molar-refractivity contribution is -0.139. The van der Waals surface area contributed by atoms with Gasteiger partial charge in [0.15, 0.2) is 0 Å². The summed E-state index contributed by atoms with van der Waals surface area (Å²) in [5, 5.41) is 6.63. The second-order valence-electron chi connectivity index (χ2n) is 9.76. The van der Waals surface area contributed by atoms with Crippen molar-refractivity contribution in [2.24, 2.45) is 0 Å². The van der Waals surface area contributed by atoms with E-state index in [-0.39, 0.29) is 18.1 Å². The lowest BCUT2D eigenvalue weighted by Crippen LogP contribution is -2.57. The molecule has 2 fully saturated rings. The highest BCUT2D eigenvalue weighted by Crippen LogP contribution is 2.33. The molecule has 1 heterocycles. The van der Waals surface area contributed by atoms with Crippen LogP contribution in [0, 0.1) is 5.82 Å². The van der Waals surface area contributed by atoms with Crippen molar-refractivity contribution in [3.05, 3.63) is 29.6 Å². The summed E-state index contributed by atoms with van der Waals surface area (Å²) in [7, 11) is 0. The number of nitrogens with one attached hydrogen (secondary N) is 2. The minimum atomic E-state index is -4.70. The van der Waals surface area contributed by atoms with Gasteiger partial charge in [0.25, 0.3) is 0 Å². The summed E-state index contributed by atoms with van der Waals surface area (Å²) in [5.74, 6) is -1.25. The molecule has 1 saturated carbocycles. The first-order valence-corrected chi connectivity index (χ1v) is 11.3. The Morgan fingerprint density at radius 2 is 1.75 bits per heavy atom. The zero-order valence-electron chi connectivity index (χ0n) is 18.9. The molecule has 0 bridgehead atoms. The number of nitrogens with zero attached hydrogens (tertiary/aromatic N) is 1. The summed E-state index contributed by atoms with van der Waals surface area (Å²) in [6.07, 6.45) is 0.494. The third-order valence-electron chi connectivity index (χ3n) is 5.96. The van der Waals surface area contributed by atoms with Gasteiger partial charge in [-0.05, 0) is 64.7 Å². The summed E-state index contributed by atoms with van der Waals surface area (Å²) in [6.45, 7) is 6.70. The van der Waals surface area contributed by atoms with Gasteiger partial charge < -0.3 is 20.3 Å². The highest BCUT2D eigenvalue weighted by molar-refractivity contribution is 5.68. The van der Waals surface area contributed by atoms with E-state index in [0.29, 0.717) is 18.8 Å². The normalized spacial score (nSPS) is 24.8. The van der Waals surface area contributed by atoms with Crippen molar-refractivity contribution in [1.29, 1.82) is 0 Å². The van der Waals surface area contributed by atoms with Crippen molar-refractivity contribution in [2.45, 2.75) is 89.2 Å². The van der Waals surface area contributed by atoms with Crippen LogP contribution in [-0.4, -0.2) is 42.9 Å². The van der Waals surface area contributed by atoms with Gasteiger partial charge in [-0.2, -0.15) is 13.2 Å². The van der Waals surface area contributed by atoms with Gasteiger partial charge in [0.2, 0.25) is 0 Å². The molecule has 1 aromatic carbocycles. The van der Waals surface area contributed by atoms with Crippen LogP contribution < -0.4 is 15.5 Å². The van der Waals surface area contributed by atoms with Gasteiger partial charge in [-0.1, -0.05) is 12.8 Å². The fourth-order valence-electron chi connectivity index (χ4n) is 4.54. The van der Waals surface area contributed by atoms with Crippen molar-refractivity contribution in [1.82, 2.24) is 10.6 Å². The molecule has 2 N–H and O–H groups in total. The number of carbonyl (C=O) groups excluding carboxylic acids is 1. The first-order valence-electron chi connectivity index (χ1n) is 11.3. The van der Waals surface area contributed by atoms with Crippen LogP contribution in [0.2, 0.25) is 0 Å². The van der Waals surface area contributed by atoms with Crippen LogP contribution in [-0.2, 0) is 10.9 Å². The topological polar surface area (TPSA) is 53.6 Å². The molecule has 5 nitrogen and oxygen atoms in total. The van der Waals surface area contributed by atoms with Crippen LogP contribution in [0.25, 0.3) is 0 Å². The zero-order chi connectivity index (χ0) is 23.5. The molecule has 9 heteroatoms. The monoisotopic (exact) mass is 459 g/mol. The summed E-state index contributed by atoms with van der Waals surface area (Å²) < 4.78 is 58.0. The summed E-state index contributed by atoms with van der Waals surface area (Å²) >= 11 is 0. The molecule has 1 unspecified atom stereocenters. The number of carbonyl (C=O) groups is 1. The Morgan fingerprint density at radius 3 is 2.38 bits per heavy atom. The molecule has 2 aliphatic rings. The van der Waals surface area contributed by atoms with Crippen molar-refractivity contribution in [3.63, 3.8) is 0 Å². The number of hydrogen-bond donors (Lipinski definition) is 2. The fourth-order valence-corrected chi connectivity index (χ4v) is 4.54. The van der Waals surface area contributed by atoms with E-state index in [9.17, 15) is 22.4 Å². The molecule has 1 aliphatic heterocycles. The second-order valence-corrected chi connectivity index (χ2v) is 9.76. The Kier molecular flexibility index (Phi) is 7.57. The van der Waals surface area contributed by atoms with E-state index < -0.39 is 29.3 Å². The smallest absolute Gasteiger partial charge is 0.419 e. The largest absolute Gasteiger partial charge is 0.444 e. The summed E-state index contributed by atoms with van der Waals surface area (Å²) in [4.78, 5) is 14.2. The third-order valence-corrected chi connectivity index (χ3v) is 5.96. The number of alkyl halides is 3. The average Bonchev–Trinajstić information content (AvgIpc) is 2.67.